The first kappa shape index (κ1) is 26.0. The summed E-state index contributed by atoms with van der Waals surface area (Å²) >= 11 is 3.84. The largest absolute Gasteiger partial charge is 0.343 e. The zero-order valence-electron chi connectivity index (χ0n) is 19.2. The van der Waals surface area contributed by atoms with Crippen molar-refractivity contribution in [1.82, 2.24) is 10.2 Å². The fourth-order valence-corrected chi connectivity index (χ4v) is 4.52. The fourth-order valence-electron chi connectivity index (χ4n) is 4.38. The van der Waals surface area contributed by atoms with Crippen LogP contribution in [-0.4, -0.2) is 37.6 Å². The predicted molar refractivity (Wildman–Crippen MR) is 135 cm³/mol. The summed E-state index contributed by atoms with van der Waals surface area (Å²) in [6.07, 6.45) is 16.4. The molecule has 6 nitrogen and oxygen atoms in total. The van der Waals surface area contributed by atoms with Crippen LogP contribution in [0, 0.1) is 29.1 Å². The number of likely N-dealkylation sites (N-methyl/N-ethyl adjacent to an activating group) is 2. The van der Waals surface area contributed by atoms with Gasteiger partial charge in [0.25, 0.3) is 5.91 Å². The Balaban J connectivity index is 0.000000303. The van der Waals surface area contributed by atoms with E-state index >= 15 is 0 Å². The number of nitriles is 1. The van der Waals surface area contributed by atoms with E-state index in [9.17, 15) is 4.79 Å². The van der Waals surface area contributed by atoms with Gasteiger partial charge in [-0.2, -0.15) is 5.26 Å². The van der Waals surface area contributed by atoms with Crippen LogP contribution in [0.4, 0.5) is 5.69 Å². The lowest BCUT2D eigenvalue weighted by molar-refractivity contribution is -0.132. The van der Waals surface area contributed by atoms with Gasteiger partial charge in [0.15, 0.2) is 0 Å². The average Bonchev–Trinajstić information content (AvgIpc) is 2.85. The van der Waals surface area contributed by atoms with Crippen molar-refractivity contribution >= 4 is 24.4 Å². The van der Waals surface area contributed by atoms with Gasteiger partial charge < -0.3 is 15.4 Å². The molecule has 2 aliphatic carbocycles. The quantitative estimate of drug-likeness (QED) is 0.367. The first-order chi connectivity index (χ1) is 15.5. The molecule has 1 fully saturated rings. The van der Waals surface area contributed by atoms with E-state index < -0.39 is 6.17 Å². The number of rotatable bonds is 7. The highest BCUT2D eigenvalue weighted by Crippen LogP contribution is 2.34. The van der Waals surface area contributed by atoms with Crippen LogP contribution in [0.25, 0.3) is 0 Å². The first-order valence-corrected chi connectivity index (χ1v) is 11.9. The molecule has 2 aliphatic rings. The van der Waals surface area contributed by atoms with E-state index in [1.807, 2.05) is 19.2 Å². The Hall–Kier alpha value is -2.27. The van der Waals surface area contributed by atoms with Gasteiger partial charge >= 0.3 is 0 Å². The molecule has 3 unspecified atom stereocenters. The lowest BCUT2D eigenvalue weighted by Crippen LogP contribution is -2.50. The molecule has 0 heterocycles. The highest BCUT2D eigenvalue weighted by Gasteiger charge is 2.26. The summed E-state index contributed by atoms with van der Waals surface area (Å²) in [6, 6.07) is 9.15. The van der Waals surface area contributed by atoms with E-state index in [-0.39, 0.29) is 5.91 Å². The molecule has 7 heteroatoms. The summed E-state index contributed by atoms with van der Waals surface area (Å²) < 4.78 is 2.64. The van der Waals surface area contributed by atoms with Crippen molar-refractivity contribution in [3.63, 3.8) is 0 Å². The number of benzene rings is 1. The van der Waals surface area contributed by atoms with E-state index in [1.165, 1.54) is 38.5 Å². The van der Waals surface area contributed by atoms with Gasteiger partial charge in [0, 0.05) is 25.2 Å². The van der Waals surface area contributed by atoms with Crippen molar-refractivity contribution < 1.29 is 4.79 Å². The summed E-state index contributed by atoms with van der Waals surface area (Å²) in [4.78, 5) is 13.9. The number of allylic oxidation sites excluding steroid dienone is 3. The van der Waals surface area contributed by atoms with Crippen molar-refractivity contribution in [3.8, 4) is 6.07 Å². The third-order valence-corrected chi connectivity index (χ3v) is 6.52. The summed E-state index contributed by atoms with van der Waals surface area (Å²) in [6.45, 7) is 0.742. The van der Waals surface area contributed by atoms with Crippen LogP contribution in [0.5, 0.6) is 0 Å². The second kappa shape index (κ2) is 14.0. The Labute approximate surface area is 198 Å². The van der Waals surface area contributed by atoms with Crippen LogP contribution in [0.1, 0.15) is 44.1 Å². The summed E-state index contributed by atoms with van der Waals surface area (Å²) in [5, 5.41) is 11.3. The summed E-state index contributed by atoms with van der Waals surface area (Å²) in [5.74, 6) is 1.78. The highest BCUT2D eigenvalue weighted by atomic mass is 32.1. The molecular formula is C25H37N5OS. The number of hydrogen-bond donors (Lipinski definition) is 4. The van der Waals surface area contributed by atoms with Crippen LogP contribution in [0.15, 0.2) is 48.6 Å². The number of anilines is 1. The number of hydrogen-bond acceptors (Lipinski definition) is 6. The SMILES string of the molecule is CNC(N)C(=O)N(C)CC1C=CC=CC1CC1CCCCC1.N#Cc1cccc(NS)c1. The topological polar surface area (TPSA) is 94.2 Å². The molecule has 1 aromatic carbocycles. The molecule has 0 aromatic heterocycles. The molecule has 1 aromatic rings. The highest BCUT2D eigenvalue weighted by molar-refractivity contribution is 7.81. The number of nitrogens with zero attached hydrogens (tertiary/aromatic N) is 2. The Bertz CT molecular complexity index is 813. The fraction of sp³-hybridized carbons (Fsp3) is 0.520. The zero-order chi connectivity index (χ0) is 23.3. The van der Waals surface area contributed by atoms with E-state index in [4.69, 9.17) is 11.0 Å². The maximum Gasteiger partial charge on any atom is 0.254 e. The van der Waals surface area contributed by atoms with E-state index in [1.54, 1.807) is 30.1 Å². The van der Waals surface area contributed by atoms with Gasteiger partial charge in [-0.05, 0) is 43.5 Å². The minimum absolute atomic E-state index is 0.0399. The zero-order valence-corrected chi connectivity index (χ0v) is 20.1. The first-order valence-electron chi connectivity index (χ1n) is 11.4. The van der Waals surface area contributed by atoms with E-state index in [2.05, 4.69) is 47.2 Å². The van der Waals surface area contributed by atoms with Gasteiger partial charge in [-0.3, -0.25) is 10.1 Å². The molecule has 0 aliphatic heterocycles. The van der Waals surface area contributed by atoms with Crippen molar-refractivity contribution in [3.05, 3.63) is 54.1 Å². The molecule has 0 bridgehead atoms. The van der Waals surface area contributed by atoms with Crippen LogP contribution in [-0.2, 0) is 4.79 Å². The number of nitrogens with one attached hydrogen (secondary N) is 2. The van der Waals surface area contributed by atoms with Gasteiger partial charge in [0.1, 0.15) is 6.17 Å². The average molecular weight is 456 g/mol. The van der Waals surface area contributed by atoms with Gasteiger partial charge in [-0.15, -0.1) is 0 Å². The van der Waals surface area contributed by atoms with Crippen LogP contribution >= 0.6 is 12.8 Å². The molecule has 32 heavy (non-hydrogen) atoms. The minimum Gasteiger partial charge on any atom is -0.343 e. The molecule has 3 rings (SSSR count). The maximum atomic E-state index is 12.1. The minimum atomic E-state index is -0.607. The smallest absolute Gasteiger partial charge is 0.254 e. The summed E-state index contributed by atoms with van der Waals surface area (Å²) in [5.41, 5.74) is 7.25. The van der Waals surface area contributed by atoms with Crippen molar-refractivity contribution in [2.24, 2.45) is 23.5 Å². The number of nitrogens with two attached hydrogens (primary N) is 1. The Morgan fingerprint density at radius 1 is 1.25 bits per heavy atom. The molecular weight excluding hydrogens is 418 g/mol. The normalized spacial score (nSPS) is 21.1. The molecule has 4 N–H and O–H groups in total. The Morgan fingerprint density at radius 2 is 1.94 bits per heavy atom. The van der Waals surface area contributed by atoms with Crippen molar-refractivity contribution in [2.45, 2.75) is 44.7 Å². The second-order valence-electron chi connectivity index (χ2n) is 8.63. The molecule has 0 radical (unpaired) electrons. The third kappa shape index (κ3) is 8.34. The molecule has 1 saturated carbocycles. The van der Waals surface area contributed by atoms with Crippen LogP contribution in [0.2, 0.25) is 0 Å². The molecule has 174 valence electrons. The maximum absolute atomic E-state index is 12.1. The number of carbonyl (C=O) groups excluding carboxylic acids is 1. The molecule has 0 saturated heterocycles. The predicted octanol–water partition coefficient (Wildman–Crippen LogP) is 4.09. The van der Waals surface area contributed by atoms with Gasteiger partial charge in [0.05, 0.1) is 11.6 Å². The number of thiol groups is 1. The van der Waals surface area contributed by atoms with E-state index in [0.29, 0.717) is 17.4 Å². The standard InChI is InChI=1S/C18H31N3O.C7H6N2S/c1-20-17(19)18(22)21(2)13-16-11-7-6-10-15(16)12-14-8-4-3-5-9-14;8-5-6-2-1-3-7(4-6)9-10/h6-7,10-11,14-17,20H,3-5,8-9,12-13,19H2,1-2H3;1-4,9-10H. The van der Waals surface area contributed by atoms with Gasteiger partial charge in [-0.25, -0.2) is 0 Å². The third-order valence-electron chi connectivity index (χ3n) is 6.27. The Morgan fingerprint density at radius 3 is 2.56 bits per heavy atom. The number of amides is 1. The van der Waals surface area contributed by atoms with Crippen LogP contribution in [0.3, 0.4) is 0 Å². The Kier molecular flexibility index (Phi) is 11.4. The molecule has 3 atom stereocenters. The molecule has 1 amide bonds. The monoisotopic (exact) mass is 455 g/mol. The van der Waals surface area contributed by atoms with Crippen LogP contribution < -0.4 is 15.8 Å². The lowest BCUT2D eigenvalue weighted by Gasteiger charge is -2.33. The second-order valence-corrected chi connectivity index (χ2v) is 8.85. The van der Waals surface area contributed by atoms with E-state index in [0.717, 1.165) is 18.2 Å². The lowest BCUT2D eigenvalue weighted by atomic mass is 9.77. The van der Waals surface area contributed by atoms with Gasteiger partial charge in [-0.1, -0.05) is 75.3 Å². The van der Waals surface area contributed by atoms with Crippen molar-refractivity contribution in [1.29, 1.82) is 5.26 Å². The summed E-state index contributed by atoms with van der Waals surface area (Å²) in [7, 11) is 3.56. The van der Waals surface area contributed by atoms with Crippen molar-refractivity contribution in [2.75, 3.05) is 25.4 Å². The van der Waals surface area contributed by atoms with Gasteiger partial charge in [0.2, 0.25) is 0 Å². The molecule has 0 spiro atoms. The number of carbonyl (C=O) groups is 1.